The summed E-state index contributed by atoms with van der Waals surface area (Å²) < 4.78 is 16.3. The Balaban J connectivity index is 3.02. The number of rotatable bonds is 16. The van der Waals surface area contributed by atoms with Crippen molar-refractivity contribution < 1.29 is 14.2 Å². The van der Waals surface area contributed by atoms with Crippen LogP contribution in [0.15, 0.2) is 0 Å². The average Bonchev–Trinajstić information content (AvgIpc) is 2.46. The number of thioether (sulfide) groups is 1. The largest absolute Gasteiger partial charge is 0.379 e. The van der Waals surface area contributed by atoms with Gasteiger partial charge in [-0.05, 0) is 19.1 Å². The molecule has 0 aliphatic carbocycles. The summed E-state index contributed by atoms with van der Waals surface area (Å²) in [6, 6.07) is 0.556. The second-order valence-corrected chi connectivity index (χ2v) is 6.02. The minimum Gasteiger partial charge on any atom is -0.379 e. The second kappa shape index (κ2) is 17.2. The van der Waals surface area contributed by atoms with E-state index in [1.807, 2.05) is 11.8 Å². The zero-order chi connectivity index (χ0) is 14.9. The van der Waals surface area contributed by atoms with Gasteiger partial charge in [0.2, 0.25) is 0 Å². The molecule has 5 heteroatoms. The summed E-state index contributed by atoms with van der Waals surface area (Å²) in [4.78, 5) is 0. The minimum absolute atomic E-state index is 0.556. The van der Waals surface area contributed by atoms with Gasteiger partial charge in [-0.3, -0.25) is 0 Å². The Morgan fingerprint density at radius 2 is 1.50 bits per heavy atom. The molecule has 0 bridgehead atoms. The number of hydrogen-bond donors (Lipinski definition) is 1. The zero-order valence-electron chi connectivity index (χ0n) is 13.5. The van der Waals surface area contributed by atoms with E-state index >= 15 is 0 Å². The molecule has 0 aromatic heterocycles. The molecular formula is C15H33NO3S. The lowest BCUT2D eigenvalue weighted by Crippen LogP contribution is -2.31. The van der Waals surface area contributed by atoms with Gasteiger partial charge in [0.05, 0.1) is 33.0 Å². The molecule has 0 aromatic carbocycles. The van der Waals surface area contributed by atoms with E-state index in [2.05, 4.69) is 26.1 Å². The summed E-state index contributed by atoms with van der Waals surface area (Å²) in [5.74, 6) is 2.35. The molecule has 0 aliphatic heterocycles. The third kappa shape index (κ3) is 16.2. The zero-order valence-corrected chi connectivity index (χ0v) is 14.3. The van der Waals surface area contributed by atoms with Gasteiger partial charge in [-0.25, -0.2) is 0 Å². The minimum atomic E-state index is 0.556. The first-order valence-corrected chi connectivity index (χ1v) is 9.01. The molecule has 0 saturated heterocycles. The molecule has 0 saturated carbocycles. The first-order valence-electron chi connectivity index (χ1n) is 7.85. The molecule has 0 amide bonds. The van der Waals surface area contributed by atoms with Crippen molar-refractivity contribution in [2.75, 3.05) is 57.7 Å². The van der Waals surface area contributed by atoms with Crippen molar-refractivity contribution in [2.24, 2.45) is 0 Å². The monoisotopic (exact) mass is 307 g/mol. The third-order valence-corrected chi connectivity index (χ3v) is 3.84. The average molecular weight is 308 g/mol. The van der Waals surface area contributed by atoms with Crippen molar-refractivity contribution >= 4 is 11.8 Å². The molecule has 1 unspecified atom stereocenters. The fourth-order valence-corrected chi connectivity index (χ4v) is 2.23. The molecule has 0 radical (unpaired) electrons. The van der Waals surface area contributed by atoms with Crippen LogP contribution < -0.4 is 5.32 Å². The molecule has 0 fully saturated rings. The van der Waals surface area contributed by atoms with Crippen LogP contribution in [0.4, 0.5) is 0 Å². The summed E-state index contributed by atoms with van der Waals surface area (Å²) in [5.41, 5.74) is 0. The van der Waals surface area contributed by atoms with E-state index in [0.717, 1.165) is 31.9 Å². The standard InChI is InChI=1S/C15H33NO3S/c1-4-6-8-17-10-12-19-13-11-18-9-7-16-15(3)14-20-5-2/h15-16H,4-14H2,1-3H3. The molecular weight excluding hydrogens is 274 g/mol. The Morgan fingerprint density at radius 1 is 0.900 bits per heavy atom. The van der Waals surface area contributed by atoms with Crippen molar-refractivity contribution in [3.05, 3.63) is 0 Å². The third-order valence-electron chi connectivity index (χ3n) is 2.70. The summed E-state index contributed by atoms with van der Waals surface area (Å²) in [6.45, 7) is 11.7. The van der Waals surface area contributed by atoms with E-state index < -0.39 is 0 Å². The van der Waals surface area contributed by atoms with Crippen LogP contribution in [0.1, 0.15) is 33.6 Å². The van der Waals surface area contributed by atoms with Crippen molar-refractivity contribution in [2.45, 2.75) is 39.7 Å². The van der Waals surface area contributed by atoms with Gasteiger partial charge >= 0.3 is 0 Å². The van der Waals surface area contributed by atoms with E-state index in [9.17, 15) is 0 Å². The molecule has 1 N–H and O–H groups in total. The van der Waals surface area contributed by atoms with Gasteiger partial charge in [-0.15, -0.1) is 0 Å². The SMILES string of the molecule is CCCCOCCOCCOCCNC(C)CSCC. The highest BCUT2D eigenvalue weighted by molar-refractivity contribution is 7.99. The molecule has 0 rings (SSSR count). The molecule has 0 spiro atoms. The van der Waals surface area contributed by atoms with Crippen LogP contribution in [-0.2, 0) is 14.2 Å². The van der Waals surface area contributed by atoms with Gasteiger partial charge in [-0.1, -0.05) is 20.3 Å². The van der Waals surface area contributed by atoms with Crippen LogP contribution >= 0.6 is 11.8 Å². The normalized spacial score (nSPS) is 12.8. The van der Waals surface area contributed by atoms with E-state index in [-0.39, 0.29) is 0 Å². The Labute approximate surface area is 129 Å². The number of unbranched alkanes of at least 4 members (excludes halogenated alkanes) is 1. The predicted octanol–water partition coefficient (Wildman–Crippen LogP) is 2.57. The maximum absolute atomic E-state index is 5.50. The number of nitrogens with one attached hydrogen (secondary N) is 1. The van der Waals surface area contributed by atoms with Crippen molar-refractivity contribution in [1.29, 1.82) is 0 Å². The van der Waals surface area contributed by atoms with E-state index in [4.69, 9.17) is 14.2 Å². The van der Waals surface area contributed by atoms with E-state index in [1.165, 1.54) is 12.2 Å². The first-order chi connectivity index (χ1) is 9.81. The number of hydrogen-bond acceptors (Lipinski definition) is 5. The van der Waals surface area contributed by atoms with Crippen LogP contribution in [0.25, 0.3) is 0 Å². The lowest BCUT2D eigenvalue weighted by molar-refractivity contribution is 0.0145. The van der Waals surface area contributed by atoms with E-state index in [0.29, 0.717) is 32.5 Å². The molecule has 122 valence electrons. The van der Waals surface area contributed by atoms with Gasteiger partial charge < -0.3 is 19.5 Å². The Hall–Kier alpha value is 0.190. The molecule has 0 heterocycles. The molecule has 4 nitrogen and oxygen atoms in total. The molecule has 0 aliphatic rings. The quantitative estimate of drug-likeness (QED) is 0.444. The Kier molecular flexibility index (Phi) is 17.4. The highest BCUT2D eigenvalue weighted by Gasteiger charge is 1.99. The Morgan fingerprint density at radius 3 is 2.10 bits per heavy atom. The maximum Gasteiger partial charge on any atom is 0.0701 e. The highest BCUT2D eigenvalue weighted by Crippen LogP contribution is 2.00. The topological polar surface area (TPSA) is 39.7 Å². The van der Waals surface area contributed by atoms with Crippen LogP contribution in [0.5, 0.6) is 0 Å². The van der Waals surface area contributed by atoms with Crippen LogP contribution in [0.3, 0.4) is 0 Å². The van der Waals surface area contributed by atoms with E-state index in [1.54, 1.807) is 0 Å². The van der Waals surface area contributed by atoms with Crippen molar-refractivity contribution in [3.8, 4) is 0 Å². The molecule has 0 aromatic rings. The molecule has 1 atom stereocenters. The summed E-state index contributed by atoms with van der Waals surface area (Å²) >= 11 is 1.97. The molecule has 20 heavy (non-hydrogen) atoms. The smallest absolute Gasteiger partial charge is 0.0701 e. The van der Waals surface area contributed by atoms with Gasteiger partial charge in [0.25, 0.3) is 0 Å². The fourth-order valence-electron chi connectivity index (χ4n) is 1.52. The Bertz CT molecular complexity index is 185. The van der Waals surface area contributed by atoms with Gasteiger partial charge in [0, 0.05) is 24.9 Å². The summed E-state index contributed by atoms with van der Waals surface area (Å²) in [7, 11) is 0. The van der Waals surface area contributed by atoms with Gasteiger partial charge in [0.15, 0.2) is 0 Å². The van der Waals surface area contributed by atoms with Gasteiger partial charge in [-0.2, -0.15) is 11.8 Å². The lowest BCUT2D eigenvalue weighted by atomic mass is 10.4. The second-order valence-electron chi connectivity index (χ2n) is 4.71. The first kappa shape index (κ1) is 20.2. The fraction of sp³-hybridized carbons (Fsp3) is 1.00. The van der Waals surface area contributed by atoms with Crippen LogP contribution in [0.2, 0.25) is 0 Å². The van der Waals surface area contributed by atoms with Gasteiger partial charge in [0.1, 0.15) is 0 Å². The lowest BCUT2D eigenvalue weighted by Gasteiger charge is -2.13. The van der Waals surface area contributed by atoms with Crippen molar-refractivity contribution in [3.63, 3.8) is 0 Å². The summed E-state index contributed by atoms with van der Waals surface area (Å²) in [6.07, 6.45) is 2.31. The predicted molar refractivity (Wildman–Crippen MR) is 87.8 cm³/mol. The maximum atomic E-state index is 5.50. The van der Waals surface area contributed by atoms with Crippen LogP contribution in [0, 0.1) is 0 Å². The van der Waals surface area contributed by atoms with Crippen LogP contribution in [-0.4, -0.2) is 63.7 Å². The highest BCUT2D eigenvalue weighted by atomic mass is 32.2. The number of ether oxygens (including phenoxy) is 3. The van der Waals surface area contributed by atoms with Crippen molar-refractivity contribution in [1.82, 2.24) is 5.32 Å². The summed E-state index contributed by atoms with van der Waals surface area (Å²) in [5, 5.41) is 3.44.